The van der Waals surface area contributed by atoms with Gasteiger partial charge in [-0.15, -0.1) is 0 Å². The number of benzene rings is 3. The van der Waals surface area contributed by atoms with Crippen molar-refractivity contribution in [3.63, 3.8) is 0 Å². The molecule has 0 fully saturated rings. The minimum atomic E-state index is -4.75. The Bertz CT molecular complexity index is 1360. The van der Waals surface area contributed by atoms with Crippen LogP contribution < -0.4 is 5.32 Å². The molecule has 0 aromatic heterocycles. The van der Waals surface area contributed by atoms with Crippen molar-refractivity contribution in [2.75, 3.05) is 5.32 Å². The molecule has 0 aliphatic carbocycles. The lowest BCUT2D eigenvalue weighted by atomic mass is 10.1. The lowest BCUT2D eigenvalue weighted by Gasteiger charge is -2.13. The molecule has 0 unspecified atom stereocenters. The van der Waals surface area contributed by atoms with Gasteiger partial charge >= 0.3 is 0 Å². The largest absolute Gasteiger partial charge is 0.507 e. The summed E-state index contributed by atoms with van der Waals surface area (Å²) in [6, 6.07) is 9.23. The Morgan fingerprint density at radius 3 is 2.03 bits per heavy atom. The summed E-state index contributed by atoms with van der Waals surface area (Å²) >= 11 is 5.84. The Hall–Kier alpha value is -2.70. The molecule has 4 N–H and O–H groups in total. The predicted molar refractivity (Wildman–Crippen MR) is 105 cm³/mol. The number of phenols is 1. The molecular formula is C17H12ClNO8S2. The average molecular weight is 458 g/mol. The zero-order valence-electron chi connectivity index (χ0n) is 14.2. The predicted octanol–water partition coefficient (Wildman–Crippen LogP) is 2.94. The number of carbonyl (C=O) groups excluding carboxylic acids is 1. The highest BCUT2D eigenvalue weighted by Gasteiger charge is 2.21. The Morgan fingerprint density at radius 2 is 1.48 bits per heavy atom. The summed E-state index contributed by atoms with van der Waals surface area (Å²) in [7, 11) is -9.47. The molecule has 0 radical (unpaired) electrons. The number of amides is 1. The maximum Gasteiger partial charge on any atom is 0.294 e. The van der Waals surface area contributed by atoms with Crippen LogP contribution in [0.5, 0.6) is 5.75 Å². The second-order valence-corrected chi connectivity index (χ2v) is 9.21. The zero-order chi connectivity index (χ0) is 21.6. The second-order valence-electron chi connectivity index (χ2n) is 5.93. The van der Waals surface area contributed by atoms with E-state index in [2.05, 4.69) is 5.32 Å². The van der Waals surface area contributed by atoms with Crippen molar-refractivity contribution >= 4 is 54.2 Å². The first-order valence-electron chi connectivity index (χ1n) is 7.69. The Kier molecular flexibility index (Phi) is 5.28. The first-order chi connectivity index (χ1) is 13.4. The number of nitrogens with one attached hydrogen (secondary N) is 1. The summed E-state index contributed by atoms with van der Waals surface area (Å²) < 4.78 is 64.5. The molecule has 3 aromatic carbocycles. The molecule has 0 atom stereocenters. The van der Waals surface area contributed by atoms with Crippen LogP contribution in [0.15, 0.2) is 58.3 Å². The fourth-order valence-corrected chi connectivity index (χ4v) is 3.93. The summed E-state index contributed by atoms with van der Waals surface area (Å²) in [5.74, 6) is -1.36. The minimum absolute atomic E-state index is 0.111. The molecular weight excluding hydrogens is 446 g/mol. The van der Waals surface area contributed by atoms with Gasteiger partial charge in [-0.1, -0.05) is 17.7 Å². The minimum Gasteiger partial charge on any atom is -0.507 e. The van der Waals surface area contributed by atoms with E-state index in [0.717, 1.165) is 24.3 Å². The van der Waals surface area contributed by atoms with Gasteiger partial charge in [0.2, 0.25) is 0 Å². The van der Waals surface area contributed by atoms with Crippen molar-refractivity contribution in [1.82, 2.24) is 0 Å². The van der Waals surface area contributed by atoms with Crippen molar-refractivity contribution in [3.05, 3.63) is 59.1 Å². The van der Waals surface area contributed by atoms with Crippen LogP contribution in [0, 0.1) is 0 Å². The standard InChI is InChI=1S/C17H12ClNO8S2/c18-11-3-1-2-9(4-11)17(21)19-14-7-12(28(22,23)24)5-10-6-13(29(25,26)27)8-15(20)16(10)14/h1-8,20H,(H,19,21)(H,22,23,24)(H,25,26,27). The molecule has 3 aromatic rings. The maximum absolute atomic E-state index is 12.5. The number of phenolic OH excluding ortho intramolecular Hbond substituents is 1. The third-order valence-electron chi connectivity index (χ3n) is 3.91. The van der Waals surface area contributed by atoms with E-state index in [1.807, 2.05) is 0 Å². The summed E-state index contributed by atoms with van der Waals surface area (Å²) in [6.45, 7) is 0. The number of hydrogen-bond acceptors (Lipinski definition) is 6. The van der Waals surface area contributed by atoms with Gasteiger partial charge in [0.1, 0.15) is 5.75 Å². The van der Waals surface area contributed by atoms with Crippen LogP contribution in [0.2, 0.25) is 5.02 Å². The van der Waals surface area contributed by atoms with Crippen LogP contribution in [0.4, 0.5) is 5.69 Å². The number of anilines is 1. The number of carbonyl (C=O) groups is 1. The van der Waals surface area contributed by atoms with Gasteiger partial charge in [-0.05, 0) is 41.8 Å². The highest BCUT2D eigenvalue weighted by Crippen LogP contribution is 2.36. The van der Waals surface area contributed by atoms with Crippen LogP contribution in [0.25, 0.3) is 10.8 Å². The van der Waals surface area contributed by atoms with E-state index in [-0.39, 0.29) is 27.0 Å². The van der Waals surface area contributed by atoms with Crippen LogP contribution >= 0.6 is 11.6 Å². The Morgan fingerprint density at radius 1 is 0.897 bits per heavy atom. The van der Waals surface area contributed by atoms with E-state index < -0.39 is 41.7 Å². The molecule has 0 bridgehead atoms. The van der Waals surface area contributed by atoms with Crippen LogP contribution in [-0.2, 0) is 20.2 Å². The third-order valence-corrected chi connectivity index (χ3v) is 5.80. The van der Waals surface area contributed by atoms with Crippen molar-refractivity contribution in [2.24, 2.45) is 0 Å². The lowest BCUT2D eigenvalue weighted by molar-refractivity contribution is 0.102. The van der Waals surface area contributed by atoms with Crippen molar-refractivity contribution in [1.29, 1.82) is 0 Å². The van der Waals surface area contributed by atoms with E-state index in [9.17, 15) is 35.8 Å². The summed E-state index contributed by atoms with van der Waals surface area (Å²) in [6.07, 6.45) is 0. The molecule has 0 saturated heterocycles. The van der Waals surface area contributed by atoms with Crippen molar-refractivity contribution < 1.29 is 35.8 Å². The number of hydrogen-bond donors (Lipinski definition) is 4. The van der Waals surface area contributed by atoms with Gasteiger partial charge in [-0.3, -0.25) is 13.9 Å². The highest BCUT2D eigenvalue weighted by molar-refractivity contribution is 7.86. The topological polar surface area (TPSA) is 158 Å². The normalized spacial score (nSPS) is 12.1. The maximum atomic E-state index is 12.5. The molecule has 3 rings (SSSR count). The molecule has 0 saturated carbocycles. The Balaban J connectivity index is 2.25. The van der Waals surface area contributed by atoms with Gasteiger partial charge < -0.3 is 10.4 Å². The summed E-state index contributed by atoms with van der Waals surface area (Å²) in [5, 5.41) is 12.6. The molecule has 0 heterocycles. The first kappa shape index (κ1) is 21.0. The number of halogens is 1. The van der Waals surface area contributed by atoms with E-state index in [0.29, 0.717) is 0 Å². The first-order valence-corrected chi connectivity index (χ1v) is 10.9. The zero-order valence-corrected chi connectivity index (χ0v) is 16.6. The molecule has 0 aliphatic rings. The third kappa shape index (κ3) is 4.49. The van der Waals surface area contributed by atoms with Crippen molar-refractivity contribution in [3.8, 4) is 5.75 Å². The molecule has 1 amide bonds. The van der Waals surface area contributed by atoms with Gasteiger partial charge in [-0.2, -0.15) is 16.8 Å². The van der Waals surface area contributed by atoms with Gasteiger partial charge in [0.05, 0.1) is 15.5 Å². The molecule has 0 aliphatic heterocycles. The fraction of sp³-hybridized carbons (Fsp3) is 0. The van der Waals surface area contributed by atoms with Gasteiger partial charge in [0.15, 0.2) is 0 Å². The average Bonchev–Trinajstić information content (AvgIpc) is 2.59. The molecule has 152 valence electrons. The number of aromatic hydroxyl groups is 1. The van der Waals surface area contributed by atoms with Gasteiger partial charge in [0, 0.05) is 22.0 Å². The number of fused-ring (bicyclic) bond motifs is 1. The monoisotopic (exact) mass is 457 g/mol. The Labute approximate surface area is 170 Å². The van der Waals surface area contributed by atoms with Crippen LogP contribution in [0.1, 0.15) is 10.4 Å². The molecule has 9 nitrogen and oxygen atoms in total. The van der Waals surface area contributed by atoms with Crippen LogP contribution in [0.3, 0.4) is 0 Å². The van der Waals surface area contributed by atoms with E-state index in [4.69, 9.17) is 11.6 Å². The highest BCUT2D eigenvalue weighted by atomic mass is 35.5. The van der Waals surface area contributed by atoms with Crippen molar-refractivity contribution in [2.45, 2.75) is 9.79 Å². The summed E-state index contributed by atoms with van der Waals surface area (Å²) in [5.41, 5.74) is -0.101. The van der Waals surface area contributed by atoms with E-state index >= 15 is 0 Å². The SMILES string of the molecule is O=C(Nc1cc(S(=O)(=O)O)cc2cc(S(=O)(=O)O)cc(O)c12)c1cccc(Cl)c1. The molecule has 29 heavy (non-hydrogen) atoms. The van der Waals surface area contributed by atoms with E-state index in [1.54, 1.807) is 0 Å². The smallest absolute Gasteiger partial charge is 0.294 e. The van der Waals surface area contributed by atoms with Crippen LogP contribution in [-0.4, -0.2) is 37.0 Å². The second kappa shape index (κ2) is 7.28. The van der Waals surface area contributed by atoms with Gasteiger partial charge in [-0.25, -0.2) is 0 Å². The van der Waals surface area contributed by atoms with E-state index in [1.165, 1.54) is 24.3 Å². The number of rotatable bonds is 4. The summed E-state index contributed by atoms with van der Waals surface area (Å²) in [4.78, 5) is 11.1. The molecule has 12 heteroatoms. The quantitative estimate of drug-likeness (QED) is 0.435. The van der Waals surface area contributed by atoms with Gasteiger partial charge in [0.25, 0.3) is 26.1 Å². The fourth-order valence-electron chi connectivity index (χ4n) is 2.66. The lowest BCUT2D eigenvalue weighted by Crippen LogP contribution is -2.13. The molecule has 0 spiro atoms.